The van der Waals surface area contributed by atoms with E-state index in [2.05, 4.69) is 11.8 Å². The lowest BCUT2D eigenvalue weighted by atomic mass is 9.70. The van der Waals surface area contributed by atoms with Crippen LogP contribution in [0.25, 0.3) is 0 Å². The first-order chi connectivity index (χ1) is 17.2. The van der Waals surface area contributed by atoms with Gasteiger partial charge in [0.25, 0.3) is 0 Å². The Morgan fingerprint density at radius 3 is 1.68 bits per heavy atom. The highest BCUT2D eigenvalue weighted by Crippen LogP contribution is 2.39. The maximum absolute atomic E-state index is 13.6. The van der Waals surface area contributed by atoms with Gasteiger partial charge in [-0.3, -0.25) is 0 Å². The van der Waals surface area contributed by atoms with Gasteiger partial charge >= 0.3 is 19.2 Å². The van der Waals surface area contributed by atoms with Crippen molar-refractivity contribution in [1.82, 2.24) is 4.90 Å². The van der Waals surface area contributed by atoms with Gasteiger partial charge < -0.3 is 28.6 Å². The minimum absolute atomic E-state index is 0.304. The summed E-state index contributed by atoms with van der Waals surface area (Å²) in [7, 11) is -0.622. The average molecular weight is 531 g/mol. The van der Waals surface area contributed by atoms with Gasteiger partial charge in [-0.05, 0) is 112 Å². The molecule has 2 aliphatic rings. The highest BCUT2D eigenvalue weighted by Gasteiger charge is 2.53. The zero-order chi connectivity index (χ0) is 29.0. The Hall–Kier alpha value is -2.26. The predicted octanol–water partition coefficient (Wildman–Crippen LogP) is 4.92. The number of rotatable bonds is 3. The van der Waals surface area contributed by atoms with E-state index in [-0.39, 0.29) is 12.1 Å². The van der Waals surface area contributed by atoms with Gasteiger partial charge in [0.2, 0.25) is 0 Å². The first kappa shape index (κ1) is 30.3. The van der Waals surface area contributed by atoms with Crippen molar-refractivity contribution >= 4 is 30.3 Å². The van der Waals surface area contributed by atoms with E-state index in [0.29, 0.717) is 31.7 Å². The number of amides is 1. The largest absolute Gasteiger partial charge is 0.495 e. The van der Waals surface area contributed by atoms with E-state index in [1.54, 1.807) is 4.90 Å². The van der Waals surface area contributed by atoms with E-state index in [4.69, 9.17) is 18.8 Å². The number of hydrogen-bond donors (Lipinski definition) is 0. The molecule has 0 radical (unpaired) electrons. The van der Waals surface area contributed by atoms with Crippen molar-refractivity contribution in [3.05, 3.63) is 22.3 Å². The molecule has 1 amide bonds. The minimum atomic E-state index is -0.634. The van der Waals surface area contributed by atoms with Gasteiger partial charge in [-0.2, -0.15) is 0 Å². The highest BCUT2D eigenvalue weighted by atomic mass is 16.7. The van der Waals surface area contributed by atoms with E-state index in [9.17, 15) is 9.59 Å². The number of carbonyl (C=O) groups excluding carboxylic acids is 2. The third kappa shape index (κ3) is 6.14. The van der Waals surface area contributed by atoms with Crippen LogP contribution in [-0.2, 0) is 18.8 Å². The van der Waals surface area contributed by atoms with Crippen LogP contribution in [0.3, 0.4) is 0 Å². The number of hydrogen-bond acceptors (Lipinski definition) is 7. The summed E-state index contributed by atoms with van der Waals surface area (Å²) in [5, 5.41) is 0. The second-order valence-electron chi connectivity index (χ2n) is 13.6. The van der Waals surface area contributed by atoms with Crippen LogP contribution in [0.2, 0.25) is 0 Å². The van der Waals surface area contributed by atoms with Gasteiger partial charge in [0.1, 0.15) is 11.2 Å². The third-order valence-electron chi connectivity index (χ3n) is 7.61. The first-order valence-corrected chi connectivity index (χ1v) is 13.6. The minimum Gasteiger partial charge on any atom is -0.456 e. The molecule has 8 nitrogen and oxygen atoms in total. The molecule has 2 heterocycles. The Bertz CT molecular complexity index is 1080. The fourth-order valence-corrected chi connectivity index (χ4v) is 5.09. The van der Waals surface area contributed by atoms with Crippen LogP contribution < -0.4 is 10.4 Å². The molecular weight excluding hydrogens is 483 g/mol. The van der Waals surface area contributed by atoms with Crippen molar-refractivity contribution in [2.24, 2.45) is 0 Å². The quantitative estimate of drug-likeness (QED) is 0.406. The second kappa shape index (κ2) is 10.0. The number of carbonyl (C=O) groups is 2. The summed E-state index contributed by atoms with van der Waals surface area (Å²) in [5.41, 5.74) is 2.83. The molecule has 3 rings (SSSR count). The SMILES string of the molecule is Cc1c(B2OC(C)(C)C(C)(C)O2)c(C)c(N2CCN(C(=O)OC(C)(C)C)CC2)c(C)c1C(=O)OC(C)(C)C. The molecule has 9 heteroatoms. The van der Waals surface area contributed by atoms with E-state index in [0.717, 1.165) is 27.8 Å². The van der Waals surface area contributed by atoms with Crippen molar-refractivity contribution in [1.29, 1.82) is 0 Å². The summed E-state index contributed by atoms with van der Waals surface area (Å²) in [6.07, 6.45) is -0.304. The average Bonchev–Trinajstić information content (AvgIpc) is 2.92. The lowest BCUT2D eigenvalue weighted by molar-refractivity contribution is 0.00578. The number of ether oxygens (including phenoxy) is 2. The Kier molecular flexibility index (Phi) is 8.01. The van der Waals surface area contributed by atoms with Crippen molar-refractivity contribution in [2.75, 3.05) is 31.1 Å². The van der Waals surface area contributed by atoms with Gasteiger partial charge in [-0.15, -0.1) is 0 Å². The molecule has 0 N–H and O–H groups in total. The van der Waals surface area contributed by atoms with Crippen molar-refractivity contribution < 1.29 is 28.4 Å². The van der Waals surface area contributed by atoms with Crippen molar-refractivity contribution in [2.45, 2.75) is 112 Å². The monoisotopic (exact) mass is 530 g/mol. The highest BCUT2D eigenvalue weighted by molar-refractivity contribution is 6.63. The van der Waals surface area contributed by atoms with E-state index in [1.807, 2.05) is 83.1 Å². The molecule has 1 aromatic carbocycles. The van der Waals surface area contributed by atoms with Gasteiger partial charge in [0.15, 0.2) is 0 Å². The Balaban J connectivity index is 2.06. The number of esters is 1. The lowest BCUT2D eigenvalue weighted by Crippen LogP contribution is -2.51. The molecule has 0 unspecified atom stereocenters. The van der Waals surface area contributed by atoms with Crippen LogP contribution in [-0.4, -0.2) is 72.7 Å². The van der Waals surface area contributed by atoms with Crippen LogP contribution in [0.1, 0.15) is 96.3 Å². The third-order valence-corrected chi connectivity index (χ3v) is 7.61. The lowest BCUT2D eigenvalue weighted by Gasteiger charge is -2.39. The molecular formula is C29H47BN2O6. The van der Waals surface area contributed by atoms with Gasteiger partial charge in [-0.1, -0.05) is 0 Å². The van der Waals surface area contributed by atoms with Crippen molar-refractivity contribution in [3.8, 4) is 0 Å². The molecule has 2 saturated heterocycles. The molecule has 212 valence electrons. The van der Waals surface area contributed by atoms with Crippen LogP contribution >= 0.6 is 0 Å². The smallest absolute Gasteiger partial charge is 0.456 e. The number of anilines is 1. The Morgan fingerprint density at radius 1 is 0.763 bits per heavy atom. The van der Waals surface area contributed by atoms with Gasteiger partial charge in [-0.25, -0.2) is 9.59 Å². The van der Waals surface area contributed by atoms with E-state index in [1.165, 1.54) is 0 Å². The molecule has 2 aliphatic heterocycles. The molecule has 0 spiro atoms. The van der Waals surface area contributed by atoms with Crippen molar-refractivity contribution in [3.63, 3.8) is 0 Å². The van der Waals surface area contributed by atoms with E-state index < -0.39 is 29.5 Å². The predicted molar refractivity (Wildman–Crippen MR) is 152 cm³/mol. The van der Waals surface area contributed by atoms with Gasteiger partial charge in [0, 0.05) is 31.9 Å². The topological polar surface area (TPSA) is 77.5 Å². The summed E-state index contributed by atoms with van der Waals surface area (Å²) < 4.78 is 24.4. The summed E-state index contributed by atoms with van der Waals surface area (Å²) in [4.78, 5) is 30.2. The maximum Gasteiger partial charge on any atom is 0.495 e. The van der Waals surface area contributed by atoms with Crippen LogP contribution in [0, 0.1) is 20.8 Å². The normalized spacial score (nSPS) is 19.6. The Morgan fingerprint density at radius 2 is 1.24 bits per heavy atom. The molecule has 2 fully saturated rings. The second-order valence-corrected chi connectivity index (χ2v) is 13.6. The van der Waals surface area contributed by atoms with Crippen LogP contribution in [0.15, 0.2) is 0 Å². The first-order valence-electron chi connectivity index (χ1n) is 13.6. The number of benzene rings is 1. The number of piperazine rings is 1. The Labute approximate surface area is 229 Å². The molecule has 0 aliphatic carbocycles. The maximum atomic E-state index is 13.6. The summed E-state index contributed by atoms with van der Waals surface area (Å²) in [5.74, 6) is -0.362. The summed E-state index contributed by atoms with van der Waals surface area (Å²) >= 11 is 0. The zero-order valence-corrected chi connectivity index (χ0v) is 25.7. The van der Waals surface area contributed by atoms with Crippen LogP contribution in [0.4, 0.5) is 10.5 Å². The fourth-order valence-electron chi connectivity index (χ4n) is 5.09. The summed E-state index contributed by atoms with van der Waals surface area (Å²) in [6, 6.07) is 0. The molecule has 0 bridgehead atoms. The van der Waals surface area contributed by atoms with Gasteiger partial charge in [0.05, 0.1) is 16.8 Å². The molecule has 0 saturated carbocycles. The van der Waals surface area contributed by atoms with E-state index >= 15 is 0 Å². The molecule has 0 atom stereocenters. The van der Waals surface area contributed by atoms with Crippen LogP contribution in [0.5, 0.6) is 0 Å². The molecule has 1 aromatic rings. The zero-order valence-electron chi connectivity index (χ0n) is 25.7. The molecule has 0 aromatic heterocycles. The molecule has 38 heavy (non-hydrogen) atoms. The fraction of sp³-hybridized carbons (Fsp3) is 0.724. The number of nitrogens with zero attached hydrogens (tertiary/aromatic N) is 2. The standard InChI is InChI=1S/C29H47BN2O6/c1-18-21(24(33)35-26(4,5)6)19(2)23(20(3)22(18)30-37-28(10,11)29(12,13)38-30)31-14-16-32(17-15-31)25(34)36-27(7,8)9/h14-17H2,1-13H3. The summed E-state index contributed by atoms with van der Waals surface area (Å²) in [6.45, 7) is 27.6.